The number of aliphatic hydroxyl groups excluding tert-OH is 1. The average Bonchev–Trinajstić information content (AvgIpc) is 2.32. The predicted octanol–water partition coefficient (Wildman–Crippen LogP) is -0.574. The molecule has 1 fully saturated rings. The van der Waals surface area contributed by atoms with Crippen molar-refractivity contribution in [3.63, 3.8) is 0 Å². The Bertz CT molecular complexity index is 339. The second-order valence-electron chi connectivity index (χ2n) is 5.92. The van der Waals surface area contributed by atoms with Crippen molar-refractivity contribution in [2.45, 2.75) is 39.3 Å². The van der Waals surface area contributed by atoms with Crippen LogP contribution in [-0.4, -0.2) is 71.1 Å². The van der Waals surface area contributed by atoms with Gasteiger partial charge >= 0.3 is 11.8 Å². The third kappa shape index (κ3) is 4.80. The molecule has 1 aliphatic heterocycles. The Labute approximate surface area is 114 Å². The molecule has 1 heterocycles. The lowest BCUT2D eigenvalue weighted by Gasteiger charge is -2.34. The van der Waals surface area contributed by atoms with Crippen LogP contribution in [0, 0.1) is 0 Å². The summed E-state index contributed by atoms with van der Waals surface area (Å²) in [6.45, 7) is 10.1. The van der Waals surface area contributed by atoms with Gasteiger partial charge in [0.1, 0.15) is 0 Å². The molecule has 0 aromatic carbocycles. The minimum atomic E-state index is -0.663. The number of likely N-dealkylation sites (N-methyl/N-ethyl adjacent to an activating group) is 1. The molecule has 2 amide bonds. The van der Waals surface area contributed by atoms with Crippen molar-refractivity contribution in [2.24, 2.45) is 0 Å². The largest absolute Gasteiger partial charge is 0.390 e. The highest BCUT2D eigenvalue weighted by molar-refractivity contribution is 6.35. The van der Waals surface area contributed by atoms with E-state index in [4.69, 9.17) is 0 Å². The highest BCUT2D eigenvalue weighted by atomic mass is 16.3. The zero-order valence-electron chi connectivity index (χ0n) is 12.3. The molecule has 2 N–H and O–H groups in total. The monoisotopic (exact) mass is 271 g/mol. The van der Waals surface area contributed by atoms with Gasteiger partial charge in [0.15, 0.2) is 0 Å². The molecule has 6 nitrogen and oxygen atoms in total. The van der Waals surface area contributed by atoms with E-state index in [-0.39, 0.29) is 12.1 Å². The summed E-state index contributed by atoms with van der Waals surface area (Å²) in [4.78, 5) is 26.5. The molecule has 6 heteroatoms. The summed E-state index contributed by atoms with van der Waals surface area (Å²) in [5, 5.41) is 13.1. The number of piperazine rings is 1. The van der Waals surface area contributed by atoms with Gasteiger partial charge in [0.2, 0.25) is 0 Å². The SMILES string of the molecule is CCN1CCN(CC(O)CNC(C)(C)C)C(=O)C1=O. The van der Waals surface area contributed by atoms with E-state index in [0.717, 1.165) is 0 Å². The Kier molecular flexibility index (Phi) is 5.31. The quantitative estimate of drug-likeness (QED) is 0.657. The Morgan fingerprint density at radius 1 is 1.21 bits per heavy atom. The number of aliphatic hydroxyl groups is 1. The molecule has 1 atom stereocenters. The fraction of sp³-hybridized carbons (Fsp3) is 0.846. The Morgan fingerprint density at radius 3 is 2.26 bits per heavy atom. The first-order chi connectivity index (χ1) is 8.74. The number of hydrogen-bond donors (Lipinski definition) is 2. The summed E-state index contributed by atoms with van der Waals surface area (Å²) in [7, 11) is 0. The Morgan fingerprint density at radius 2 is 1.74 bits per heavy atom. The molecule has 1 aliphatic rings. The molecule has 1 unspecified atom stereocenters. The van der Waals surface area contributed by atoms with E-state index in [1.54, 1.807) is 0 Å². The maximum absolute atomic E-state index is 11.8. The molecule has 110 valence electrons. The maximum atomic E-state index is 11.8. The van der Waals surface area contributed by atoms with E-state index in [0.29, 0.717) is 26.2 Å². The first-order valence-corrected chi connectivity index (χ1v) is 6.76. The van der Waals surface area contributed by atoms with Gasteiger partial charge in [0.05, 0.1) is 6.10 Å². The van der Waals surface area contributed by atoms with E-state index >= 15 is 0 Å². The van der Waals surface area contributed by atoms with Gasteiger partial charge < -0.3 is 20.2 Å². The van der Waals surface area contributed by atoms with Crippen LogP contribution in [-0.2, 0) is 9.59 Å². The maximum Gasteiger partial charge on any atom is 0.312 e. The van der Waals surface area contributed by atoms with Crippen molar-refractivity contribution in [2.75, 3.05) is 32.7 Å². The molecule has 0 radical (unpaired) electrons. The first-order valence-electron chi connectivity index (χ1n) is 6.76. The van der Waals surface area contributed by atoms with Crippen LogP contribution in [0.2, 0.25) is 0 Å². The molecule has 0 aromatic heterocycles. The van der Waals surface area contributed by atoms with Crippen LogP contribution in [0.3, 0.4) is 0 Å². The van der Waals surface area contributed by atoms with Crippen LogP contribution in [0.4, 0.5) is 0 Å². The summed E-state index contributed by atoms with van der Waals surface area (Å²) < 4.78 is 0. The Hall–Kier alpha value is -1.14. The Balaban J connectivity index is 2.45. The summed E-state index contributed by atoms with van der Waals surface area (Å²) in [5.41, 5.74) is -0.0816. The standard InChI is InChI=1S/C13H25N3O3/c1-5-15-6-7-16(12(19)11(15)18)9-10(17)8-14-13(2,3)4/h10,14,17H,5-9H2,1-4H3. The molecule has 19 heavy (non-hydrogen) atoms. The molecule has 0 spiro atoms. The number of carbonyl (C=O) groups excluding carboxylic acids is 2. The number of nitrogens with zero attached hydrogens (tertiary/aromatic N) is 2. The van der Waals surface area contributed by atoms with Crippen LogP contribution in [0.5, 0.6) is 0 Å². The molecule has 0 saturated carbocycles. The number of rotatable bonds is 5. The number of nitrogens with one attached hydrogen (secondary N) is 1. The summed E-state index contributed by atoms with van der Waals surface area (Å²) >= 11 is 0. The van der Waals surface area contributed by atoms with Gasteiger partial charge in [-0.25, -0.2) is 0 Å². The van der Waals surface area contributed by atoms with Crippen molar-refractivity contribution in [3.05, 3.63) is 0 Å². The predicted molar refractivity (Wildman–Crippen MR) is 72.6 cm³/mol. The van der Waals surface area contributed by atoms with Crippen molar-refractivity contribution in [1.29, 1.82) is 0 Å². The lowest BCUT2D eigenvalue weighted by Crippen LogP contribution is -2.56. The summed E-state index contributed by atoms with van der Waals surface area (Å²) in [5.74, 6) is -0.979. The molecule has 1 rings (SSSR count). The minimum Gasteiger partial charge on any atom is -0.390 e. The van der Waals surface area contributed by atoms with E-state index in [1.807, 2.05) is 27.7 Å². The van der Waals surface area contributed by atoms with Crippen molar-refractivity contribution < 1.29 is 14.7 Å². The van der Waals surface area contributed by atoms with Crippen LogP contribution in [0.1, 0.15) is 27.7 Å². The smallest absolute Gasteiger partial charge is 0.312 e. The van der Waals surface area contributed by atoms with Crippen LogP contribution in [0.15, 0.2) is 0 Å². The number of carbonyl (C=O) groups is 2. The number of amides is 2. The molecule has 1 saturated heterocycles. The normalized spacial score (nSPS) is 19.0. The molecular formula is C13H25N3O3. The van der Waals surface area contributed by atoms with Gasteiger partial charge in [-0.15, -0.1) is 0 Å². The van der Waals surface area contributed by atoms with E-state index < -0.39 is 17.9 Å². The van der Waals surface area contributed by atoms with Crippen LogP contribution in [0.25, 0.3) is 0 Å². The summed E-state index contributed by atoms with van der Waals surface area (Å²) in [6, 6.07) is 0. The third-order valence-electron chi connectivity index (χ3n) is 3.08. The van der Waals surface area contributed by atoms with Crippen LogP contribution >= 0.6 is 0 Å². The zero-order valence-corrected chi connectivity index (χ0v) is 12.3. The van der Waals surface area contributed by atoms with Gasteiger partial charge in [-0.2, -0.15) is 0 Å². The van der Waals surface area contributed by atoms with Gasteiger partial charge in [-0.1, -0.05) is 0 Å². The topological polar surface area (TPSA) is 72.9 Å². The molecule has 0 aromatic rings. The zero-order chi connectivity index (χ0) is 14.6. The van der Waals surface area contributed by atoms with Gasteiger partial charge in [-0.05, 0) is 27.7 Å². The van der Waals surface area contributed by atoms with Crippen LogP contribution < -0.4 is 5.32 Å². The van der Waals surface area contributed by atoms with Gasteiger partial charge in [-0.3, -0.25) is 9.59 Å². The van der Waals surface area contributed by atoms with E-state index in [2.05, 4.69) is 5.32 Å². The first kappa shape index (κ1) is 15.9. The molecule has 0 aliphatic carbocycles. The lowest BCUT2D eigenvalue weighted by molar-refractivity contribution is -0.156. The fourth-order valence-corrected chi connectivity index (χ4v) is 1.93. The van der Waals surface area contributed by atoms with Gasteiger partial charge in [0, 0.05) is 38.3 Å². The number of β-amino-alcohol motifs (C(OH)–C–C–N with tert-alkyl or cyclic N) is 1. The second kappa shape index (κ2) is 6.34. The fourth-order valence-electron chi connectivity index (χ4n) is 1.93. The summed E-state index contributed by atoms with van der Waals surface area (Å²) in [6.07, 6.45) is -0.663. The van der Waals surface area contributed by atoms with Crippen molar-refractivity contribution in [1.82, 2.24) is 15.1 Å². The lowest BCUT2D eigenvalue weighted by atomic mass is 10.1. The van der Waals surface area contributed by atoms with E-state index in [9.17, 15) is 14.7 Å². The highest BCUT2D eigenvalue weighted by Crippen LogP contribution is 2.06. The minimum absolute atomic E-state index is 0.0816. The van der Waals surface area contributed by atoms with E-state index in [1.165, 1.54) is 9.80 Å². The second-order valence-corrected chi connectivity index (χ2v) is 5.92. The third-order valence-corrected chi connectivity index (χ3v) is 3.08. The van der Waals surface area contributed by atoms with Gasteiger partial charge in [0.25, 0.3) is 0 Å². The van der Waals surface area contributed by atoms with Crippen molar-refractivity contribution in [3.8, 4) is 0 Å². The highest BCUT2D eigenvalue weighted by Gasteiger charge is 2.32. The molecular weight excluding hydrogens is 246 g/mol. The number of hydrogen-bond acceptors (Lipinski definition) is 4. The van der Waals surface area contributed by atoms with Crippen molar-refractivity contribution >= 4 is 11.8 Å². The average molecular weight is 271 g/mol. The molecule has 0 bridgehead atoms.